The largest absolute Gasteiger partial charge is 0.309 e. The Hall–Kier alpha value is -4.10. The molecule has 0 atom stereocenters. The summed E-state index contributed by atoms with van der Waals surface area (Å²) < 4.78 is 2.41. The van der Waals surface area contributed by atoms with Crippen molar-refractivity contribution in [2.45, 2.75) is 26.2 Å². The van der Waals surface area contributed by atoms with Crippen LogP contribution >= 0.6 is 0 Å². The number of aromatic nitrogens is 1. The number of para-hydroxylation sites is 1. The molecule has 0 aliphatic heterocycles. The van der Waals surface area contributed by atoms with Crippen LogP contribution < -0.4 is 0 Å². The fraction of sp³-hybridized carbons (Fsp3) is 0.118. The number of rotatable bonds is 4. The van der Waals surface area contributed by atoms with E-state index in [0.717, 1.165) is 19.3 Å². The molecule has 1 heteroatoms. The van der Waals surface area contributed by atoms with Crippen molar-refractivity contribution in [3.8, 4) is 27.9 Å². The molecule has 35 heavy (non-hydrogen) atoms. The zero-order valence-corrected chi connectivity index (χ0v) is 20.0. The minimum Gasteiger partial charge on any atom is -0.309 e. The van der Waals surface area contributed by atoms with E-state index in [1.54, 1.807) is 0 Å². The molecule has 0 radical (unpaired) electrons. The molecule has 5 aromatic carbocycles. The third-order valence-electron chi connectivity index (χ3n) is 7.51. The van der Waals surface area contributed by atoms with Gasteiger partial charge in [0, 0.05) is 16.5 Å². The molecular formula is C34H27N. The summed E-state index contributed by atoms with van der Waals surface area (Å²) in [5, 5.41) is 2.66. The Labute approximate surface area is 206 Å². The van der Waals surface area contributed by atoms with E-state index in [9.17, 15) is 0 Å². The molecule has 168 valence electrons. The van der Waals surface area contributed by atoms with Gasteiger partial charge in [0.2, 0.25) is 0 Å². The lowest BCUT2D eigenvalue weighted by Gasteiger charge is -2.09. The summed E-state index contributed by atoms with van der Waals surface area (Å²) in [5.41, 5.74) is 13.3. The standard InChI is InChI=1S/C34H27N/c1-2-8-23-13-17-33-31(19-23)32-22-25(16-18-34(32)35(33)28-10-4-3-5-11-28)24-14-15-27-20-26-9-6-7-12-29(26)30(27)21-24/h3-7,9-19,21-22H,2,8,20H2,1H3. The summed E-state index contributed by atoms with van der Waals surface area (Å²) in [6.45, 7) is 2.25. The fourth-order valence-corrected chi connectivity index (χ4v) is 5.85. The summed E-state index contributed by atoms with van der Waals surface area (Å²) in [6, 6.07) is 40.5. The second-order valence-corrected chi connectivity index (χ2v) is 9.71. The smallest absolute Gasteiger partial charge is 0.0541 e. The normalized spacial score (nSPS) is 12.3. The third kappa shape index (κ3) is 3.23. The second kappa shape index (κ2) is 7.99. The SMILES string of the molecule is CCCc1ccc2c(c1)c1cc(-c3ccc4c(c3)-c3ccccc3C4)ccc1n2-c1ccccc1. The average Bonchev–Trinajstić information content (AvgIpc) is 3.44. The van der Waals surface area contributed by atoms with Crippen LogP contribution in [0, 0.1) is 0 Å². The van der Waals surface area contributed by atoms with Gasteiger partial charge in [-0.25, -0.2) is 0 Å². The van der Waals surface area contributed by atoms with Crippen LogP contribution in [0.5, 0.6) is 0 Å². The Morgan fingerprint density at radius 3 is 2.14 bits per heavy atom. The summed E-state index contributed by atoms with van der Waals surface area (Å²) in [7, 11) is 0. The van der Waals surface area contributed by atoms with E-state index < -0.39 is 0 Å². The zero-order chi connectivity index (χ0) is 23.4. The number of hydrogen-bond donors (Lipinski definition) is 0. The first kappa shape index (κ1) is 20.3. The predicted molar refractivity (Wildman–Crippen MR) is 148 cm³/mol. The maximum absolute atomic E-state index is 2.41. The Kier molecular flexibility index (Phi) is 4.63. The molecule has 0 unspecified atom stereocenters. The van der Waals surface area contributed by atoms with Gasteiger partial charge in [0.1, 0.15) is 0 Å². The minimum absolute atomic E-state index is 1.04. The van der Waals surface area contributed by atoms with Crippen molar-refractivity contribution in [2.75, 3.05) is 0 Å². The van der Waals surface area contributed by atoms with Crippen molar-refractivity contribution < 1.29 is 0 Å². The molecule has 1 aromatic heterocycles. The summed E-state index contributed by atoms with van der Waals surface area (Å²) in [4.78, 5) is 0. The van der Waals surface area contributed by atoms with Gasteiger partial charge < -0.3 is 4.57 Å². The molecule has 0 saturated heterocycles. The van der Waals surface area contributed by atoms with Crippen molar-refractivity contribution >= 4 is 21.8 Å². The van der Waals surface area contributed by atoms with Gasteiger partial charge in [-0.3, -0.25) is 0 Å². The first-order valence-electron chi connectivity index (χ1n) is 12.6. The van der Waals surface area contributed by atoms with Gasteiger partial charge in [-0.1, -0.05) is 80.1 Å². The first-order valence-corrected chi connectivity index (χ1v) is 12.6. The Morgan fingerprint density at radius 2 is 1.29 bits per heavy atom. The molecule has 6 aromatic rings. The second-order valence-electron chi connectivity index (χ2n) is 9.71. The molecule has 0 spiro atoms. The molecule has 1 nitrogen and oxygen atoms in total. The van der Waals surface area contributed by atoms with E-state index in [4.69, 9.17) is 0 Å². The van der Waals surface area contributed by atoms with Crippen LogP contribution in [-0.2, 0) is 12.8 Å². The lowest BCUT2D eigenvalue weighted by molar-refractivity contribution is 0.923. The topological polar surface area (TPSA) is 4.93 Å². The van der Waals surface area contributed by atoms with Gasteiger partial charge in [0.05, 0.1) is 11.0 Å². The number of benzene rings is 5. The van der Waals surface area contributed by atoms with Crippen molar-refractivity contribution in [3.63, 3.8) is 0 Å². The Balaban J connectivity index is 1.45. The third-order valence-corrected chi connectivity index (χ3v) is 7.51. The highest BCUT2D eigenvalue weighted by Gasteiger charge is 2.19. The number of fused-ring (bicyclic) bond motifs is 6. The van der Waals surface area contributed by atoms with Crippen LogP contribution in [0.25, 0.3) is 49.7 Å². The number of aryl methyl sites for hydroxylation is 1. The van der Waals surface area contributed by atoms with Gasteiger partial charge in [-0.15, -0.1) is 0 Å². The van der Waals surface area contributed by atoms with Crippen molar-refractivity contribution in [2.24, 2.45) is 0 Å². The lowest BCUT2D eigenvalue weighted by atomic mass is 9.97. The van der Waals surface area contributed by atoms with Crippen molar-refractivity contribution in [1.29, 1.82) is 0 Å². The Morgan fingerprint density at radius 1 is 0.600 bits per heavy atom. The maximum atomic E-state index is 2.41. The molecule has 0 amide bonds. The van der Waals surface area contributed by atoms with Gasteiger partial charge in [-0.2, -0.15) is 0 Å². The number of nitrogens with zero attached hydrogens (tertiary/aromatic N) is 1. The average molecular weight is 450 g/mol. The van der Waals surface area contributed by atoms with E-state index in [1.807, 2.05) is 0 Å². The molecular weight excluding hydrogens is 422 g/mol. The van der Waals surface area contributed by atoms with E-state index in [1.165, 1.54) is 66.4 Å². The molecule has 0 N–H and O–H groups in total. The maximum Gasteiger partial charge on any atom is 0.0541 e. The highest BCUT2D eigenvalue weighted by molar-refractivity contribution is 6.10. The predicted octanol–water partition coefficient (Wildman–Crippen LogP) is 8.97. The minimum atomic E-state index is 1.04. The zero-order valence-electron chi connectivity index (χ0n) is 20.0. The first-order chi connectivity index (χ1) is 17.3. The van der Waals surface area contributed by atoms with Crippen LogP contribution in [0.4, 0.5) is 0 Å². The van der Waals surface area contributed by atoms with Crippen LogP contribution in [0.3, 0.4) is 0 Å². The van der Waals surface area contributed by atoms with Crippen LogP contribution in [-0.4, -0.2) is 4.57 Å². The lowest BCUT2D eigenvalue weighted by Crippen LogP contribution is -1.93. The summed E-state index contributed by atoms with van der Waals surface area (Å²) in [6.07, 6.45) is 3.30. The van der Waals surface area contributed by atoms with E-state index >= 15 is 0 Å². The van der Waals surface area contributed by atoms with Crippen molar-refractivity contribution in [3.05, 3.63) is 126 Å². The fourth-order valence-electron chi connectivity index (χ4n) is 5.85. The quantitative estimate of drug-likeness (QED) is 0.253. The Bertz CT molecular complexity index is 1720. The summed E-state index contributed by atoms with van der Waals surface area (Å²) in [5.74, 6) is 0. The van der Waals surface area contributed by atoms with Gasteiger partial charge in [-0.05, 0) is 94.3 Å². The van der Waals surface area contributed by atoms with Crippen LogP contribution in [0.2, 0.25) is 0 Å². The van der Waals surface area contributed by atoms with Crippen LogP contribution in [0.1, 0.15) is 30.0 Å². The highest BCUT2D eigenvalue weighted by Crippen LogP contribution is 2.40. The van der Waals surface area contributed by atoms with Gasteiger partial charge in [0.25, 0.3) is 0 Å². The molecule has 0 fully saturated rings. The number of hydrogen-bond acceptors (Lipinski definition) is 0. The van der Waals surface area contributed by atoms with E-state index in [0.29, 0.717) is 0 Å². The van der Waals surface area contributed by atoms with Gasteiger partial charge >= 0.3 is 0 Å². The van der Waals surface area contributed by atoms with Crippen LogP contribution in [0.15, 0.2) is 109 Å². The molecule has 1 aliphatic rings. The van der Waals surface area contributed by atoms with Gasteiger partial charge in [0.15, 0.2) is 0 Å². The molecule has 7 rings (SSSR count). The molecule has 0 bridgehead atoms. The van der Waals surface area contributed by atoms with E-state index in [-0.39, 0.29) is 0 Å². The monoisotopic (exact) mass is 449 g/mol. The molecule has 0 saturated carbocycles. The summed E-state index contributed by atoms with van der Waals surface area (Å²) >= 11 is 0. The molecule has 1 heterocycles. The highest BCUT2D eigenvalue weighted by atomic mass is 15.0. The molecule has 1 aliphatic carbocycles. The van der Waals surface area contributed by atoms with E-state index in [2.05, 4.69) is 121 Å². The van der Waals surface area contributed by atoms with Crippen molar-refractivity contribution in [1.82, 2.24) is 4.57 Å².